The molecule has 0 spiro atoms. The Morgan fingerprint density at radius 2 is 1.75 bits per heavy atom. The second-order valence-corrected chi connectivity index (χ2v) is 4.16. The van der Waals surface area contributed by atoms with E-state index in [4.69, 9.17) is 10.5 Å². The third kappa shape index (κ3) is 8.87. The van der Waals surface area contributed by atoms with Gasteiger partial charge in [-0.1, -0.05) is 18.2 Å². The van der Waals surface area contributed by atoms with Gasteiger partial charge in [-0.15, -0.1) is 0 Å². The number of carbonyl (C=O) groups is 1. The van der Waals surface area contributed by atoms with Crippen molar-refractivity contribution in [3.63, 3.8) is 0 Å². The Kier molecular flexibility index (Phi) is 6.00. The number of alkyl carbamates (subject to hydrolysis) is 1. The first-order chi connectivity index (χ1) is 7.35. The minimum absolute atomic E-state index is 0.387. The smallest absolute Gasteiger partial charge is 0.407 e. The first-order valence-corrected chi connectivity index (χ1v) is 5.06. The lowest BCUT2D eigenvalue weighted by Crippen LogP contribution is -2.30. The summed E-state index contributed by atoms with van der Waals surface area (Å²) in [5.74, 6) is 0. The van der Waals surface area contributed by atoms with E-state index in [9.17, 15) is 4.79 Å². The molecule has 0 atom stereocenters. The van der Waals surface area contributed by atoms with E-state index in [2.05, 4.69) is 5.32 Å². The third-order valence-corrected chi connectivity index (χ3v) is 1.40. The zero-order chi connectivity index (χ0) is 12.6. The van der Waals surface area contributed by atoms with Gasteiger partial charge in [-0.05, 0) is 32.9 Å². The largest absolute Gasteiger partial charge is 0.444 e. The Labute approximate surface area is 96.8 Å². The maximum absolute atomic E-state index is 10.5. The first-order valence-electron chi connectivity index (χ1n) is 5.06. The Balaban J connectivity index is 0.000000288. The molecule has 0 aromatic heterocycles. The zero-order valence-electron chi connectivity index (χ0n) is 10.3. The predicted octanol–water partition coefficient (Wildman–Crippen LogP) is 2.41. The van der Waals surface area contributed by atoms with Gasteiger partial charge < -0.3 is 15.8 Å². The lowest BCUT2D eigenvalue weighted by molar-refractivity contribution is 0.0541. The molecule has 0 aliphatic heterocycles. The van der Waals surface area contributed by atoms with E-state index in [1.54, 1.807) is 0 Å². The standard InChI is InChI=1S/C6H13NO2.C6H7N/c1-6(2,3)9-5(8)7-4;7-6-4-2-1-3-5-6/h1-4H3,(H,7,8);1-5H,7H2. The molecule has 0 aliphatic rings. The lowest BCUT2D eigenvalue weighted by Gasteiger charge is -2.18. The Morgan fingerprint density at radius 1 is 1.25 bits per heavy atom. The van der Waals surface area contributed by atoms with Gasteiger partial charge in [0.05, 0.1) is 0 Å². The number of para-hydroxylation sites is 1. The molecule has 1 amide bonds. The monoisotopic (exact) mass is 224 g/mol. The van der Waals surface area contributed by atoms with E-state index in [-0.39, 0.29) is 11.7 Å². The van der Waals surface area contributed by atoms with Crippen molar-refractivity contribution in [2.45, 2.75) is 26.4 Å². The lowest BCUT2D eigenvalue weighted by atomic mass is 10.2. The fourth-order valence-electron chi connectivity index (χ4n) is 0.782. The number of hydrogen-bond acceptors (Lipinski definition) is 3. The molecule has 0 fully saturated rings. The van der Waals surface area contributed by atoms with Crippen LogP contribution in [0.25, 0.3) is 0 Å². The topological polar surface area (TPSA) is 64.3 Å². The van der Waals surface area contributed by atoms with E-state index in [1.807, 2.05) is 51.1 Å². The molecule has 16 heavy (non-hydrogen) atoms. The highest BCUT2D eigenvalue weighted by Crippen LogP contribution is 2.05. The van der Waals surface area contributed by atoms with Gasteiger partial charge in [-0.3, -0.25) is 0 Å². The van der Waals surface area contributed by atoms with Gasteiger partial charge >= 0.3 is 6.09 Å². The molecule has 0 bridgehead atoms. The number of rotatable bonds is 0. The molecular weight excluding hydrogens is 204 g/mol. The predicted molar refractivity (Wildman–Crippen MR) is 66.1 cm³/mol. The minimum Gasteiger partial charge on any atom is -0.444 e. The van der Waals surface area contributed by atoms with Crippen LogP contribution in [0.4, 0.5) is 10.5 Å². The average Bonchev–Trinajstić information content (AvgIpc) is 2.17. The fraction of sp³-hybridized carbons (Fsp3) is 0.417. The van der Waals surface area contributed by atoms with Crippen LogP contribution in [-0.4, -0.2) is 18.7 Å². The van der Waals surface area contributed by atoms with Crippen LogP contribution >= 0.6 is 0 Å². The van der Waals surface area contributed by atoms with Crippen molar-refractivity contribution < 1.29 is 9.53 Å². The van der Waals surface area contributed by atoms with Crippen LogP contribution in [0.2, 0.25) is 0 Å². The van der Waals surface area contributed by atoms with Crippen LogP contribution < -0.4 is 11.1 Å². The number of nitrogens with two attached hydrogens (primary N) is 1. The van der Waals surface area contributed by atoms with E-state index in [0.717, 1.165) is 5.69 Å². The molecule has 1 aromatic carbocycles. The molecule has 4 nitrogen and oxygen atoms in total. The third-order valence-electron chi connectivity index (χ3n) is 1.40. The summed E-state index contributed by atoms with van der Waals surface area (Å²) >= 11 is 0. The normalized spacial score (nSPS) is 9.75. The minimum atomic E-state index is -0.389. The Morgan fingerprint density at radius 3 is 1.94 bits per heavy atom. The van der Waals surface area contributed by atoms with Gasteiger partial charge in [0.25, 0.3) is 0 Å². The van der Waals surface area contributed by atoms with Crippen LogP contribution in [0.3, 0.4) is 0 Å². The van der Waals surface area contributed by atoms with Crippen molar-refractivity contribution in [3.05, 3.63) is 30.3 Å². The highest BCUT2D eigenvalue weighted by Gasteiger charge is 2.13. The van der Waals surface area contributed by atoms with Gasteiger partial charge in [0.1, 0.15) is 5.60 Å². The molecule has 0 unspecified atom stereocenters. The number of hydrogen-bond donors (Lipinski definition) is 2. The Hall–Kier alpha value is -1.71. The maximum atomic E-state index is 10.5. The molecule has 0 radical (unpaired) electrons. The van der Waals surface area contributed by atoms with Gasteiger partial charge in [0.15, 0.2) is 0 Å². The molecule has 0 aliphatic carbocycles. The summed E-state index contributed by atoms with van der Waals surface area (Å²) in [7, 11) is 1.54. The maximum Gasteiger partial charge on any atom is 0.407 e. The average molecular weight is 224 g/mol. The second kappa shape index (κ2) is 6.71. The first kappa shape index (κ1) is 14.3. The molecule has 1 rings (SSSR count). The van der Waals surface area contributed by atoms with Crippen molar-refractivity contribution >= 4 is 11.8 Å². The SMILES string of the molecule is CNC(=O)OC(C)(C)C.Nc1ccccc1. The molecule has 0 saturated carbocycles. The number of ether oxygens (including phenoxy) is 1. The molecule has 0 saturated heterocycles. The quantitative estimate of drug-likeness (QED) is 0.665. The van der Waals surface area contributed by atoms with Crippen LogP contribution in [0.5, 0.6) is 0 Å². The van der Waals surface area contributed by atoms with Crippen molar-refractivity contribution in [1.82, 2.24) is 5.32 Å². The molecule has 3 N–H and O–H groups in total. The summed E-state index contributed by atoms with van der Waals surface area (Å²) < 4.78 is 4.84. The number of benzene rings is 1. The summed E-state index contributed by atoms with van der Waals surface area (Å²) in [4.78, 5) is 10.5. The molecule has 0 heterocycles. The van der Waals surface area contributed by atoms with Crippen LogP contribution in [0, 0.1) is 0 Å². The van der Waals surface area contributed by atoms with Gasteiger partial charge in [0.2, 0.25) is 0 Å². The number of nitrogens with one attached hydrogen (secondary N) is 1. The van der Waals surface area contributed by atoms with Gasteiger partial charge in [-0.25, -0.2) is 4.79 Å². The highest BCUT2D eigenvalue weighted by atomic mass is 16.6. The van der Waals surface area contributed by atoms with E-state index >= 15 is 0 Å². The number of carbonyl (C=O) groups excluding carboxylic acids is 1. The van der Waals surface area contributed by atoms with Crippen LogP contribution in [0.1, 0.15) is 20.8 Å². The molecule has 1 aromatic rings. The summed E-state index contributed by atoms with van der Waals surface area (Å²) in [6, 6.07) is 9.49. The fourth-order valence-corrected chi connectivity index (χ4v) is 0.782. The van der Waals surface area contributed by atoms with Crippen molar-refractivity contribution in [1.29, 1.82) is 0 Å². The summed E-state index contributed by atoms with van der Waals surface area (Å²) in [5, 5.41) is 2.36. The van der Waals surface area contributed by atoms with E-state index in [0.29, 0.717) is 0 Å². The van der Waals surface area contributed by atoms with E-state index < -0.39 is 0 Å². The van der Waals surface area contributed by atoms with Crippen LogP contribution in [-0.2, 0) is 4.74 Å². The van der Waals surface area contributed by atoms with Gasteiger partial charge in [0, 0.05) is 12.7 Å². The summed E-state index contributed by atoms with van der Waals surface area (Å²) in [6.45, 7) is 5.46. The highest BCUT2D eigenvalue weighted by molar-refractivity contribution is 5.67. The van der Waals surface area contributed by atoms with Crippen molar-refractivity contribution in [3.8, 4) is 0 Å². The molecular formula is C12H20N2O2. The Bertz CT molecular complexity index is 305. The number of anilines is 1. The van der Waals surface area contributed by atoms with Crippen molar-refractivity contribution in [2.75, 3.05) is 12.8 Å². The van der Waals surface area contributed by atoms with Crippen molar-refractivity contribution in [2.24, 2.45) is 0 Å². The number of nitrogen functional groups attached to an aromatic ring is 1. The van der Waals surface area contributed by atoms with E-state index in [1.165, 1.54) is 7.05 Å². The van der Waals surface area contributed by atoms with Gasteiger partial charge in [-0.2, -0.15) is 0 Å². The summed E-state index contributed by atoms with van der Waals surface area (Å²) in [5.41, 5.74) is 5.79. The van der Waals surface area contributed by atoms with Crippen LogP contribution in [0.15, 0.2) is 30.3 Å². The zero-order valence-corrected chi connectivity index (χ0v) is 10.3. The molecule has 90 valence electrons. The molecule has 4 heteroatoms. The summed E-state index contributed by atoms with van der Waals surface area (Å²) in [6.07, 6.45) is -0.387. The number of amides is 1. The second-order valence-electron chi connectivity index (χ2n) is 4.16.